The van der Waals surface area contributed by atoms with Crippen molar-refractivity contribution in [3.05, 3.63) is 53.4 Å². The highest BCUT2D eigenvalue weighted by molar-refractivity contribution is 5.97. The van der Waals surface area contributed by atoms with E-state index in [9.17, 15) is 14.0 Å². The zero-order valence-corrected chi connectivity index (χ0v) is 12.3. The van der Waals surface area contributed by atoms with Crippen LogP contribution in [0.5, 0.6) is 0 Å². The predicted molar refractivity (Wildman–Crippen MR) is 79.9 cm³/mol. The van der Waals surface area contributed by atoms with E-state index in [-0.39, 0.29) is 17.5 Å². The maximum absolute atomic E-state index is 13.7. The molecule has 1 unspecified atom stereocenters. The van der Waals surface area contributed by atoms with Gasteiger partial charge in [-0.05, 0) is 18.2 Å². The third-order valence-corrected chi connectivity index (χ3v) is 3.16. The number of hydrogen-bond acceptors (Lipinski definition) is 4. The molecule has 0 aliphatic heterocycles. The molecule has 6 nitrogen and oxygen atoms in total. The summed E-state index contributed by atoms with van der Waals surface area (Å²) in [6, 6.07) is 2.81. The fourth-order valence-corrected chi connectivity index (χ4v) is 1.97. The second kappa shape index (κ2) is 7.22. The van der Waals surface area contributed by atoms with Crippen LogP contribution in [0.2, 0.25) is 0 Å². The number of imidazole rings is 1. The molecule has 0 aliphatic carbocycles. The van der Waals surface area contributed by atoms with Gasteiger partial charge in [-0.15, -0.1) is 6.42 Å². The molecule has 23 heavy (non-hydrogen) atoms. The third kappa shape index (κ3) is 3.95. The number of benzene rings is 1. The molecule has 1 aromatic carbocycles. The molecule has 0 aliphatic rings. The number of nitrogens with one attached hydrogen (secondary N) is 2. The molecule has 2 N–H and O–H groups in total. The van der Waals surface area contributed by atoms with Crippen LogP contribution in [0.4, 0.5) is 4.39 Å². The number of aromatic amines is 1. The number of H-pyrrole nitrogens is 1. The van der Waals surface area contributed by atoms with Gasteiger partial charge in [-0.25, -0.2) is 14.2 Å². The maximum atomic E-state index is 13.7. The summed E-state index contributed by atoms with van der Waals surface area (Å²) in [4.78, 5) is 30.7. The minimum Gasteiger partial charge on any atom is -0.467 e. The van der Waals surface area contributed by atoms with Gasteiger partial charge >= 0.3 is 5.97 Å². The van der Waals surface area contributed by atoms with E-state index in [1.165, 1.54) is 31.8 Å². The molecule has 1 atom stereocenters. The molecule has 1 amide bonds. The van der Waals surface area contributed by atoms with Gasteiger partial charge in [-0.2, -0.15) is 0 Å². The first kappa shape index (κ1) is 16.2. The lowest BCUT2D eigenvalue weighted by molar-refractivity contribution is -0.142. The van der Waals surface area contributed by atoms with E-state index in [0.29, 0.717) is 5.69 Å². The van der Waals surface area contributed by atoms with Gasteiger partial charge in [0, 0.05) is 23.9 Å². The Morgan fingerprint density at radius 3 is 2.87 bits per heavy atom. The van der Waals surface area contributed by atoms with E-state index < -0.39 is 23.7 Å². The molecule has 0 saturated carbocycles. The minimum atomic E-state index is -0.927. The average Bonchev–Trinajstić information content (AvgIpc) is 3.06. The van der Waals surface area contributed by atoms with Crippen LogP contribution >= 0.6 is 0 Å². The molecule has 0 spiro atoms. The zero-order chi connectivity index (χ0) is 16.8. The van der Waals surface area contributed by atoms with Crippen molar-refractivity contribution in [1.29, 1.82) is 0 Å². The summed E-state index contributed by atoms with van der Waals surface area (Å²) in [7, 11) is 1.22. The third-order valence-electron chi connectivity index (χ3n) is 3.16. The molecule has 2 aromatic rings. The number of amides is 1. The summed E-state index contributed by atoms with van der Waals surface area (Å²) in [5.41, 5.74) is 0.762. The molecular formula is C16H14FN3O3. The molecule has 0 saturated heterocycles. The first-order valence-electron chi connectivity index (χ1n) is 6.67. The normalized spacial score (nSPS) is 11.3. The average molecular weight is 315 g/mol. The van der Waals surface area contributed by atoms with Crippen LogP contribution in [0.25, 0.3) is 0 Å². The van der Waals surface area contributed by atoms with Gasteiger partial charge in [-0.3, -0.25) is 4.79 Å². The van der Waals surface area contributed by atoms with Gasteiger partial charge in [0.15, 0.2) is 0 Å². The summed E-state index contributed by atoms with van der Waals surface area (Å²) in [5, 5.41) is 2.51. The van der Waals surface area contributed by atoms with Gasteiger partial charge in [-0.1, -0.05) is 5.92 Å². The van der Waals surface area contributed by atoms with Crippen LogP contribution in [-0.2, 0) is 16.0 Å². The number of carbonyl (C=O) groups is 2. The monoisotopic (exact) mass is 315 g/mol. The number of rotatable bonds is 5. The highest BCUT2D eigenvalue weighted by Gasteiger charge is 2.23. The van der Waals surface area contributed by atoms with E-state index in [0.717, 1.165) is 6.07 Å². The largest absolute Gasteiger partial charge is 0.467 e. The zero-order valence-electron chi connectivity index (χ0n) is 12.3. The van der Waals surface area contributed by atoms with Gasteiger partial charge in [0.1, 0.15) is 11.9 Å². The van der Waals surface area contributed by atoms with Crippen molar-refractivity contribution in [2.75, 3.05) is 7.11 Å². The Morgan fingerprint density at radius 2 is 2.30 bits per heavy atom. The van der Waals surface area contributed by atoms with Crippen LogP contribution in [0.1, 0.15) is 21.6 Å². The number of carbonyl (C=O) groups excluding carboxylic acids is 2. The predicted octanol–water partition coefficient (Wildman–Crippen LogP) is 1.04. The Morgan fingerprint density at radius 1 is 1.52 bits per heavy atom. The number of hydrogen-bond donors (Lipinski definition) is 2. The number of nitrogens with zero attached hydrogens (tertiary/aromatic N) is 1. The molecular weight excluding hydrogens is 301 g/mol. The van der Waals surface area contributed by atoms with Crippen LogP contribution in [0.15, 0.2) is 30.7 Å². The van der Waals surface area contributed by atoms with Crippen molar-refractivity contribution in [2.24, 2.45) is 0 Å². The SMILES string of the molecule is C#Cc1ccc(C(=O)NC(Cc2cnc[nH]2)C(=O)OC)cc1F. The minimum absolute atomic E-state index is 0.0556. The number of ether oxygens (including phenoxy) is 1. The van der Waals surface area contributed by atoms with Gasteiger partial charge < -0.3 is 15.0 Å². The van der Waals surface area contributed by atoms with Crippen molar-refractivity contribution in [2.45, 2.75) is 12.5 Å². The first-order valence-corrected chi connectivity index (χ1v) is 6.67. The summed E-state index contributed by atoms with van der Waals surface area (Å²) < 4.78 is 18.3. The maximum Gasteiger partial charge on any atom is 0.328 e. The Kier molecular flexibility index (Phi) is 5.10. The van der Waals surface area contributed by atoms with Gasteiger partial charge in [0.25, 0.3) is 5.91 Å². The fraction of sp³-hybridized carbons (Fsp3) is 0.188. The van der Waals surface area contributed by atoms with Crippen LogP contribution in [-0.4, -0.2) is 35.0 Å². The smallest absolute Gasteiger partial charge is 0.328 e. The lowest BCUT2D eigenvalue weighted by Gasteiger charge is -2.16. The Bertz CT molecular complexity index is 750. The lowest BCUT2D eigenvalue weighted by Crippen LogP contribution is -2.43. The summed E-state index contributed by atoms with van der Waals surface area (Å²) in [6.45, 7) is 0. The van der Waals surface area contributed by atoms with Crippen molar-refractivity contribution in [3.63, 3.8) is 0 Å². The molecule has 7 heteroatoms. The van der Waals surface area contributed by atoms with E-state index in [1.807, 2.05) is 0 Å². The van der Waals surface area contributed by atoms with Crippen LogP contribution in [0, 0.1) is 18.2 Å². The highest BCUT2D eigenvalue weighted by atomic mass is 19.1. The second-order valence-corrected chi connectivity index (χ2v) is 4.67. The standard InChI is InChI=1S/C16H14FN3O3/c1-3-10-4-5-11(6-13(10)17)15(21)20-14(16(22)23-2)7-12-8-18-9-19-12/h1,4-6,8-9,14H,7H2,2H3,(H,18,19)(H,20,21). The van der Waals surface area contributed by atoms with Crippen molar-refractivity contribution in [1.82, 2.24) is 15.3 Å². The molecule has 118 valence electrons. The first-order chi connectivity index (χ1) is 11.0. The molecule has 0 bridgehead atoms. The molecule has 1 heterocycles. The quantitative estimate of drug-likeness (QED) is 0.638. The number of methoxy groups -OCH3 is 1. The summed E-state index contributed by atoms with van der Waals surface area (Å²) in [6.07, 6.45) is 8.29. The van der Waals surface area contributed by atoms with E-state index >= 15 is 0 Å². The van der Waals surface area contributed by atoms with E-state index in [1.54, 1.807) is 0 Å². The number of esters is 1. The van der Waals surface area contributed by atoms with E-state index in [4.69, 9.17) is 6.42 Å². The molecule has 2 rings (SSSR count). The Labute approximate surface area is 132 Å². The van der Waals surface area contributed by atoms with E-state index in [2.05, 4.69) is 25.9 Å². The molecule has 0 fully saturated rings. The summed E-state index contributed by atoms with van der Waals surface area (Å²) >= 11 is 0. The van der Waals surface area contributed by atoms with Crippen molar-refractivity contribution < 1.29 is 18.7 Å². The Hall–Kier alpha value is -3.14. The molecule has 0 radical (unpaired) electrons. The molecule has 1 aromatic heterocycles. The second-order valence-electron chi connectivity index (χ2n) is 4.67. The van der Waals surface area contributed by atoms with Crippen molar-refractivity contribution >= 4 is 11.9 Å². The number of aromatic nitrogens is 2. The van der Waals surface area contributed by atoms with Crippen molar-refractivity contribution in [3.8, 4) is 12.3 Å². The van der Waals surface area contributed by atoms with Gasteiger partial charge in [0.2, 0.25) is 0 Å². The van der Waals surface area contributed by atoms with Gasteiger partial charge in [0.05, 0.1) is 19.0 Å². The topological polar surface area (TPSA) is 84.1 Å². The lowest BCUT2D eigenvalue weighted by atomic mass is 10.1. The summed E-state index contributed by atoms with van der Waals surface area (Å²) in [5.74, 6) is 0.264. The number of terminal acetylenes is 1. The fourth-order valence-electron chi connectivity index (χ4n) is 1.97. The van der Waals surface area contributed by atoms with Crippen LogP contribution < -0.4 is 5.32 Å². The Balaban J connectivity index is 2.15. The van der Waals surface area contributed by atoms with Crippen LogP contribution in [0.3, 0.4) is 0 Å². The number of halogens is 1. The highest BCUT2D eigenvalue weighted by Crippen LogP contribution is 2.10.